The van der Waals surface area contributed by atoms with Crippen molar-refractivity contribution in [1.29, 1.82) is 0 Å². The Balaban J connectivity index is 0.00000242. The van der Waals surface area contributed by atoms with Crippen molar-refractivity contribution in [3.8, 4) is 5.75 Å². The Labute approximate surface area is 137 Å². The number of fused-ring (bicyclic) bond motifs is 1. The van der Waals surface area contributed by atoms with Crippen molar-refractivity contribution >= 4 is 34.8 Å². The average Bonchev–Trinajstić information content (AvgIpc) is 2.45. The van der Waals surface area contributed by atoms with Crippen LogP contribution >= 0.6 is 12.4 Å². The number of carbonyl (C=O) groups excluding carboxylic acids is 1. The van der Waals surface area contributed by atoms with Crippen LogP contribution in [0.15, 0.2) is 36.4 Å². The summed E-state index contributed by atoms with van der Waals surface area (Å²) in [5.74, 6) is 0.957. The third kappa shape index (κ3) is 4.36. The molecule has 0 saturated heterocycles. The molecule has 0 spiro atoms. The number of carbonyl (C=O) groups is 1. The van der Waals surface area contributed by atoms with E-state index in [2.05, 4.69) is 5.32 Å². The van der Waals surface area contributed by atoms with E-state index < -0.39 is 6.04 Å². The Kier molecular flexibility index (Phi) is 6.65. The fourth-order valence-electron chi connectivity index (χ4n) is 2.37. The van der Waals surface area contributed by atoms with Crippen LogP contribution < -0.4 is 15.8 Å². The standard InChI is InChI=1S/C17H22N2O2.ClH/c1-11(2)8-15(18)17(20)19-13-9-12-6-4-5-7-14(12)16(10-13)21-3;/h4-7,9-11,15H,8,18H2,1-3H3,(H,19,20);1H. The molecule has 2 aromatic carbocycles. The smallest absolute Gasteiger partial charge is 0.241 e. The van der Waals surface area contributed by atoms with Crippen LogP contribution in [0.25, 0.3) is 10.8 Å². The minimum Gasteiger partial charge on any atom is -0.496 e. The van der Waals surface area contributed by atoms with E-state index in [1.165, 1.54) is 0 Å². The lowest BCUT2D eigenvalue weighted by atomic mass is 10.0. The summed E-state index contributed by atoms with van der Waals surface area (Å²) >= 11 is 0. The second-order valence-electron chi connectivity index (χ2n) is 5.62. The highest BCUT2D eigenvalue weighted by Gasteiger charge is 2.15. The molecule has 120 valence electrons. The van der Waals surface area contributed by atoms with E-state index in [1.54, 1.807) is 7.11 Å². The number of halogens is 1. The lowest BCUT2D eigenvalue weighted by Gasteiger charge is -2.15. The highest BCUT2D eigenvalue weighted by molar-refractivity contribution is 5.99. The van der Waals surface area contributed by atoms with Crippen LogP contribution in [0.1, 0.15) is 20.3 Å². The van der Waals surface area contributed by atoms with Crippen molar-refractivity contribution < 1.29 is 9.53 Å². The number of ether oxygens (including phenoxy) is 1. The number of rotatable bonds is 5. The summed E-state index contributed by atoms with van der Waals surface area (Å²) in [6.07, 6.45) is 0.663. The van der Waals surface area contributed by atoms with Gasteiger partial charge in [0, 0.05) is 17.1 Å². The number of hydrogen-bond donors (Lipinski definition) is 2. The van der Waals surface area contributed by atoms with E-state index in [9.17, 15) is 4.79 Å². The zero-order valence-corrected chi connectivity index (χ0v) is 13.9. The number of hydrogen-bond acceptors (Lipinski definition) is 3. The van der Waals surface area contributed by atoms with E-state index in [-0.39, 0.29) is 18.3 Å². The van der Waals surface area contributed by atoms with Crippen LogP contribution in [0.5, 0.6) is 5.75 Å². The molecule has 0 bridgehead atoms. The summed E-state index contributed by atoms with van der Waals surface area (Å²) < 4.78 is 5.39. The van der Waals surface area contributed by atoms with Gasteiger partial charge in [-0.3, -0.25) is 4.79 Å². The van der Waals surface area contributed by atoms with E-state index in [0.29, 0.717) is 18.0 Å². The Morgan fingerprint density at radius 2 is 1.95 bits per heavy atom. The van der Waals surface area contributed by atoms with Gasteiger partial charge >= 0.3 is 0 Å². The normalized spacial score (nSPS) is 11.9. The first-order valence-electron chi connectivity index (χ1n) is 7.14. The molecular formula is C17H23ClN2O2. The molecule has 0 fully saturated rings. The minimum absolute atomic E-state index is 0. The number of nitrogens with one attached hydrogen (secondary N) is 1. The minimum atomic E-state index is -0.498. The van der Waals surface area contributed by atoms with Crippen LogP contribution in [0.3, 0.4) is 0 Å². The first-order valence-corrected chi connectivity index (χ1v) is 7.14. The Bertz CT molecular complexity index is 644. The summed E-state index contributed by atoms with van der Waals surface area (Å²) in [5, 5.41) is 4.91. The Morgan fingerprint density at radius 1 is 1.27 bits per heavy atom. The summed E-state index contributed by atoms with van der Waals surface area (Å²) in [5.41, 5.74) is 6.61. The Morgan fingerprint density at radius 3 is 2.59 bits per heavy atom. The van der Waals surface area contributed by atoms with Crippen molar-refractivity contribution in [2.45, 2.75) is 26.3 Å². The molecule has 1 atom stereocenters. The molecule has 1 unspecified atom stereocenters. The maximum atomic E-state index is 12.1. The molecule has 5 heteroatoms. The monoisotopic (exact) mass is 322 g/mol. The number of methoxy groups -OCH3 is 1. The van der Waals surface area contributed by atoms with Gasteiger partial charge in [-0.25, -0.2) is 0 Å². The number of amides is 1. The third-order valence-electron chi connectivity index (χ3n) is 3.37. The molecule has 0 aliphatic rings. The van der Waals surface area contributed by atoms with Gasteiger partial charge in [-0.1, -0.05) is 38.1 Å². The van der Waals surface area contributed by atoms with Gasteiger partial charge in [0.25, 0.3) is 0 Å². The maximum absolute atomic E-state index is 12.1. The van der Waals surface area contributed by atoms with Gasteiger partial charge in [0.05, 0.1) is 13.2 Å². The first-order chi connectivity index (χ1) is 10.0. The van der Waals surface area contributed by atoms with E-state index in [4.69, 9.17) is 10.5 Å². The van der Waals surface area contributed by atoms with Crippen LogP contribution in [-0.4, -0.2) is 19.1 Å². The van der Waals surface area contributed by atoms with Crippen LogP contribution in [0.4, 0.5) is 5.69 Å². The molecule has 0 aromatic heterocycles. The van der Waals surface area contributed by atoms with Crippen molar-refractivity contribution in [3.63, 3.8) is 0 Å². The van der Waals surface area contributed by atoms with E-state index in [0.717, 1.165) is 16.5 Å². The summed E-state index contributed by atoms with van der Waals surface area (Å²) in [6, 6.07) is 11.1. The van der Waals surface area contributed by atoms with Gasteiger partial charge in [0.2, 0.25) is 5.91 Å². The largest absolute Gasteiger partial charge is 0.496 e. The highest BCUT2D eigenvalue weighted by atomic mass is 35.5. The SMILES string of the molecule is COc1cc(NC(=O)C(N)CC(C)C)cc2ccccc12.Cl. The summed E-state index contributed by atoms with van der Waals surface area (Å²) in [6.45, 7) is 4.10. The molecule has 2 rings (SSSR count). The summed E-state index contributed by atoms with van der Waals surface area (Å²) in [4.78, 5) is 12.1. The Hall–Kier alpha value is -1.78. The van der Waals surface area contributed by atoms with Crippen LogP contribution in [0.2, 0.25) is 0 Å². The third-order valence-corrected chi connectivity index (χ3v) is 3.37. The van der Waals surface area contributed by atoms with Gasteiger partial charge in [0.15, 0.2) is 0 Å². The average molecular weight is 323 g/mol. The fraction of sp³-hybridized carbons (Fsp3) is 0.353. The molecule has 0 aliphatic heterocycles. The molecule has 3 N–H and O–H groups in total. The zero-order valence-electron chi connectivity index (χ0n) is 13.1. The molecular weight excluding hydrogens is 300 g/mol. The van der Waals surface area contributed by atoms with Gasteiger partial charge in [0.1, 0.15) is 5.75 Å². The fourth-order valence-corrected chi connectivity index (χ4v) is 2.37. The number of nitrogens with two attached hydrogens (primary N) is 1. The quantitative estimate of drug-likeness (QED) is 0.884. The second kappa shape index (κ2) is 8.01. The second-order valence-corrected chi connectivity index (χ2v) is 5.62. The zero-order chi connectivity index (χ0) is 15.4. The number of anilines is 1. The molecule has 0 saturated carbocycles. The molecule has 0 heterocycles. The molecule has 2 aromatic rings. The predicted octanol–water partition coefficient (Wildman–Crippen LogP) is 3.58. The van der Waals surface area contributed by atoms with Gasteiger partial charge in [-0.15, -0.1) is 12.4 Å². The van der Waals surface area contributed by atoms with Gasteiger partial charge in [-0.05, 0) is 23.8 Å². The molecule has 4 nitrogen and oxygen atoms in total. The maximum Gasteiger partial charge on any atom is 0.241 e. The van der Waals surface area contributed by atoms with Crippen molar-refractivity contribution in [3.05, 3.63) is 36.4 Å². The summed E-state index contributed by atoms with van der Waals surface area (Å²) in [7, 11) is 1.62. The predicted molar refractivity (Wildman–Crippen MR) is 93.8 cm³/mol. The van der Waals surface area contributed by atoms with Crippen molar-refractivity contribution in [2.75, 3.05) is 12.4 Å². The van der Waals surface area contributed by atoms with Crippen LogP contribution in [-0.2, 0) is 4.79 Å². The van der Waals surface area contributed by atoms with E-state index in [1.807, 2.05) is 50.2 Å². The lowest BCUT2D eigenvalue weighted by Crippen LogP contribution is -2.36. The molecule has 22 heavy (non-hydrogen) atoms. The first kappa shape index (κ1) is 18.3. The highest BCUT2D eigenvalue weighted by Crippen LogP contribution is 2.29. The topological polar surface area (TPSA) is 64.3 Å². The van der Waals surface area contributed by atoms with Crippen molar-refractivity contribution in [1.82, 2.24) is 0 Å². The van der Waals surface area contributed by atoms with E-state index >= 15 is 0 Å². The van der Waals surface area contributed by atoms with Gasteiger partial charge < -0.3 is 15.8 Å². The number of benzene rings is 2. The molecule has 0 aliphatic carbocycles. The van der Waals surface area contributed by atoms with Crippen molar-refractivity contribution in [2.24, 2.45) is 11.7 Å². The van der Waals surface area contributed by atoms with Gasteiger partial charge in [-0.2, -0.15) is 0 Å². The van der Waals surface area contributed by atoms with Crippen LogP contribution in [0, 0.1) is 5.92 Å². The molecule has 1 amide bonds. The molecule has 0 radical (unpaired) electrons. The lowest BCUT2D eigenvalue weighted by molar-refractivity contribution is -0.117.